The number of halogens is 2. The largest absolute Gasteiger partial charge is 0.444 e. The standard InChI is InChI=1S/C32H39ClFN7O2S/c1-17-9-10-24-22(12-35-44-24)25(17)26-23(33)11-21-28(27(26)34)36-30(39-15-20(16-39)38(7)8)37-29(21)40-13-19(3)41(14-18(40)2)31(42)43-32(4,5)6/h9-12,18-20H,13-16H2,1-8H3/t18-,19+/m0/s1. The number of fused-ring (bicyclic) bond motifs is 2. The summed E-state index contributed by atoms with van der Waals surface area (Å²) in [6.07, 6.45) is 1.43. The summed E-state index contributed by atoms with van der Waals surface area (Å²) in [4.78, 5) is 31.1. The molecule has 4 heterocycles. The van der Waals surface area contributed by atoms with Gasteiger partial charge in [0.2, 0.25) is 5.95 Å². The molecule has 2 aliphatic heterocycles. The summed E-state index contributed by atoms with van der Waals surface area (Å²) < 4.78 is 27.9. The Morgan fingerprint density at radius 2 is 1.80 bits per heavy atom. The number of likely N-dealkylation sites (N-methyl/N-ethyl adjacent to an activating group) is 1. The van der Waals surface area contributed by atoms with Gasteiger partial charge in [0.1, 0.15) is 16.9 Å². The first-order valence-electron chi connectivity index (χ1n) is 14.9. The highest BCUT2D eigenvalue weighted by Gasteiger charge is 2.38. The Hall–Kier alpha value is -3.28. The van der Waals surface area contributed by atoms with Crippen LogP contribution >= 0.6 is 23.1 Å². The molecule has 0 N–H and O–H groups in total. The third-order valence-corrected chi connectivity index (χ3v) is 9.67. The molecule has 2 aromatic heterocycles. The van der Waals surface area contributed by atoms with Gasteiger partial charge < -0.3 is 24.3 Å². The Morgan fingerprint density at radius 1 is 1.07 bits per heavy atom. The Bertz CT molecular complexity index is 1750. The van der Waals surface area contributed by atoms with E-state index in [0.29, 0.717) is 46.9 Å². The first-order valence-corrected chi connectivity index (χ1v) is 16.1. The maximum Gasteiger partial charge on any atom is 0.410 e. The molecule has 44 heavy (non-hydrogen) atoms. The van der Waals surface area contributed by atoms with E-state index in [0.717, 1.165) is 34.3 Å². The Kier molecular flexibility index (Phi) is 7.87. The zero-order valence-electron chi connectivity index (χ0n) is 26.5. The van der Waals surface area contributed by atoms with Crippen LogP contribution in [0.15, 0.2) is 24.4 Å². The van der Waals surface area contributed by atoms with Crippen molar-refractivity contribution in [3.8, 4) is 11.1 Å². The number of anilines is 2. The summed E-state index contributed by atoms with van der Waals surface area (Å²) in [5.74, 6) is 0.622. The Morgan fingerprint density at radius 3 is 2.48 bits per heavy atom. The van der Waals surface area contributed by atoms with E-state index in [1.807, 2.05) is 53.7 Å². The average molecular weight is 640 g/mol. The molecular weight excluding hydrogens is 601 g/mol. The van der Waals surface area contributed by atoms with Crippen LogP contribution < -0.4 is 9.80 Å². The molecule has 2 atom stereocenters. The molecule has 12 heteroatoms. The second kappa shape index (κ2) is 11.3. The molecule has 1 amide bonds. The molecule has 0 aliphatic carbocycles. The first kappa shape index (κ1) is 30.7. The quantitative estimate of drug-likeness (QED) is 0.248. The van der Waals surface area contributed by atoms with Crippen LogP contribution in [0.1, 0.15) is 40.2 Å². The van der Waals surface area contributed by atoms with Crippen molar-refractivity contribution in [3.05, 3.63) is 40.8 Å². The van der Waals surface area contributed by atoms with Crippen molar-refractivity contribution in [2.75, 3.05) is 50.1 Å². The van der Waals surface area contributed by atoms with Crippen LogP contribution in [0.25, 0.3) is 32.1 Å². The van der Waals surface area contributed by atoms with Crippen molar-refractivity contribution in [3.63, 3.8) is 0 Å². The average Bonchev–Trinajstić information content (AvgIpc) is 3.38. The summed E-state index contributed by atoms with van der Waals surface area (Å²) in [5.41, 5.74) is 1.59. The predicted octanol–water partition coefficient (Wildman–Crippen LogP) is 6.59. The van der Waals surface area contributed by atoms with Gasteiger partial charge in [0.15, 0.2) is 5.82 Å². The SMILES string of the molecule is Cc1ccc2sncc2c1-c1c(Cl)cc2c(N3C[C@@H](C)N(C(=O)OC(C)(C)C)C[C@@H]3C)nc(N3CC(N(C)C)C3)nc2c1F. The van der Waals surface area contributed by atoms with Gasteiger partial charge in [-0.05, 0) is 90.4 Å². The lowest BCUT2D eigenvalue weighted by Gasteiger charge is -2.46. The van der Waals surface area contributed by atoms with Crippen LogP contribution in [-0.4, -0.2) is 94.2 Å². The van der Waals surface area contributed by atoms with Crippen molar-refractivity contribution in [2.45, 2.75) is 65.3 Å². The van der Waals surface area contributed by atoms with Crippen molar-refractivity contribution in [2.24, 2.45) is 0 Å². The smallest absolute Gasteiger partial charge is 0.410 e. The van der Waals surface area contributed by atoms with E-state index in [2.05, 4.69) is 33.2 Å². The second-order valence-electron chi connectivity index (χ2n) is 13.3. The van der Waals surface area contributed by atoms with Crippen LogP contribution in [0.5, 0.6) is 0 Å². The van der Waals surface area contributed by atoms with Gasteiger partial charge in [-0.25, -0.2) is 14.2 Å². The highest BCUT2D eigenvalue weighted by atomic mass is 35.5. The number of piperazine rings is 1. The van der Waals surface area contributed by atoms with Gasteiger partial charge in [-0.1, -0.05) is 17.7 Å². The number of carbonyl (C=O) groups is 1. The summed E-state index contributed by atoms with van der Waals surface area (Å²) >= 11 is 8.33. The summed E-state index contributed by atoms with van der Waals surface area (Å²) in [6.45, 7) is 14.0. The minimum Gasteiger partial charge on any atom is -0.444 e. The Balaban J connectivity index is 1.48. The van der Waals surface area contributed by atoms with E-state index in [1.54, 1.807) is 17.2 Å². The fourth-order valence-electron chi connectivity index (χ4n) is 6.08. The van der Waals surface area contributed by atoms with E-state index < -0.39 is 11.4 Å². The predicted molar refractivity (Wildman–Crippen MR) is 177 cm³/mol. The molecule has 2 saturated heterocycles. The van der Waals surface area contributed by atoms with Crippen molar-refractivity contribution in [1.82, 2.24) is 24.1 Å². The lowest BCUT2D eigenvalue weighted by molar-refractivity contribution is 0.0130. The number of ether oxygens (including phenoxy) is 1. The summed E-state index contributed by atoms with van der Waals surface area (Å²) in [6, 6.07) is 5.85. The number of amides is 1. The molecule has 0 bridgehead atoms. The van der Waals surface area contributed by atoms with Crippen molar-refractivity contribution < 1.29 is 13.9 Å². The Labute approximate surface area is 266 Å². The van der Waals surface area contributed by atoms with Crippen LogP contribution in [0.2, 0.25) is 5.02 Å². The van der Waals surface area contributed by atoms with Crippen molar-refractivity contribution >= 4 is 62.0 Å². The third kappa shape index (κ3) is 5.43. The van der Waals surface area contributed by atoms with Gasteiger partial charge in [0.05, 0.1) is 9.72 Å². The van der Waals surface area contributed by atoms with Crippen molar-refractivity contribution in [1.29, 1.82) is 0 Å². The van der Waals surface area contributed by atoms with Gasteiger partial charge >= 0.3 is 6.09 Å². The minimum atomic E-state index is -0.593. The number of carbonyl (C=O) groups excluding carboxylic acids is 1. The third-order valence-electron chi connectivity index (χ3n) is 8.61. The number of benzene rings is 2. The maximum atomic E-state index is 16.9. The lowest BCUT2D eigenvalue weighted by Crippen LogP contribution is -2.59. The molecule has 234 valence electrons. The molecule has 2 aromatic carbocycles. The number of aromatic nitrogens is 3. The molecule has 6 rings (SSSR count). The molecule has 0 saturated carbocycles. The highest BCUT2D eigenvalue weighted by Crippen LogP contribution is 2.43. The number of nitrogens with zero attached hydrogens (tertiary/aromatic N) is 7. The van der Waals surface area contributed by atoms with E-state index in [4.69, 9.17) is 26.3 Å². The fraction of sp³-hybridized carbons (Fsp3) is 0.500. The molecule has 2 aliphatic rings. The normalized spacial score (nSPS) is 19.8. The molecular formula is C32H39ClFN7O2S. The van der Waals surface area contributed by atoms with Gasteiger partial charge in [-0.15, -0.1) is 0 Å². The fourth-order valence-corrected chi connectivity index (χ4v) is 7.02. The van der Waals surface area contributed by atoms with Crippen LogP contribution in [0.3, 0.4) is 0 Å². The second-order valence-corrected chi connectivity index (χ2v) is 14.5. The lowest BCUT2D eigenvalue weighted by atomic mass is 9.95. The molecule has 0 radical (unpaired) electrons. The zero-order valence-corrected chi connectivity index (χ0v) is 28.1. The summed E-state index contributed by atoms with van der Waals surface area (Å²) in [5, 5.41) is 1.70. The number of rotatable bonds is 4. The summed E-state index contributed by atoms with van der Waals surface area (Å²) in [7, 11) is 4.11. The van der Waals surface area contributed by atoms with Crippen LogP contribution in [0, 0.1) is 12.7 Å². The first-order chi connectivity index (χ1) is 20.7. The van der Waals surface area contributed by atoms with Gasteiger partial charge in [-0.3, -0.25) is 0 Å². The zero-order chi connectivity index (χ0) is 31.7. The maximum absolute atomic E-state index is 16.9. The van der Waals surface area contributed by atoms with Gasteiger partial charge in [-0.2, -0.15) is 9.36 Å². The topological polar surface area (TPSA) is 77.9 Å². The molecule has 0 spiro atoms. The minimum absolute atomic E-state index is 0.120. The van der Waals surface area contributed by atoms with E-state index in [9.17, 15) is 4.79 Å². The van der Waals surface area contributed by atoms with Crippen LogP contribution in [0.4, 0.5) is 21.0 Å². The van der Waals surface area contributed by atoms with Gasteiger partial charge in [0.25, 0.3) is 0 Å². The van der Waals surface area contributed by atoms with Crippen LogP contribution in [-0.2, 0) is 4.74 Å². The number of aryl methyl sites for hydroxylation is 1. The number of hydrogen-bond donors (Lipinski definition) is 0. The van der Waals surface area contributed by atoms with E-state index in [1.165, 1.54) is 11.5 Å². The van der Waals surface area contributed by atoms with E-state index >= 15 is 4.39 Å². The monoisotopic (exact) mass is 639 g/mol. The van der Waals surface area contributed by atoms with Gasteiger partial charge in [0, 0.05) is 66.8 Å². The number of hydrogen-bond acceptors (Lipinski definition) is 9. The molecule has 0 unspecified atom stereocenters. The van der Waals surface area contributed by atoms with E-state index in [-0.39, 0.29) is 23.7 Å². The molecule has 9 nitrogen and oxygen atoms in total. The molecule has 2 fully saturated rings. The highest BCUT2D eigenvalue weighted by molar-refractivity contribution is 7.13. The molecule has 4 aromatic rings.